The Balaban J connectivity index is 1.82. The van der Waals surface area contributed by atoms with Crippen molar-refractivity contribution in [2.75, 3.05) is 14.2 Å². The monoisotopic (exact) mass is 593 g/mol. The minimum Gasteiger partial charge on any atom is -0.497 e. The van der Waals surface area contributed by atoms with Crippen molar-refractivity contribution in [2.24, 2.45) is 0 Å². The molecule has 0 saturated heterocycles. The second kappa shape index (κ2) is 13.5. The molecule has 0 bridgehead atoms. The van der Waals surface area contributed by atoms with Crippen molar-refractivity contribution in [3.05, 3.63) is 126 Å². The van der Waals surface area contributed by atoms with Crippen LogP contribution in [0.2, 0.25) is 0 Å². The van der Waals surface area contributed by atoms with Gasteiger partial charge < -0.3 is 14.0 Å². The molecule has 4 aromatic carbocycles. The van der Waals surface area contributed by atoms with E-state index in [9.17, 15) is 0 Å². The fourth-order valence-corrected chi connectivity index (χ4v) is 14.8. The van der Waals surface area contributed by atoms with E-state index in [1.54, 1.807) is 14.2 Å². The van der Waals surface area contributed by atoms with Gasteiger partial charge in [-0.15, -0.1) is 0 Å². The summed E-state index contributed by atoms with van der Waals surface area (Å²) in [7, 11) is 5.37. The number of methoxy groups -OCH3 is 2. The number of rotatable bonds is 10. The van der Waals surface area contributed by atoms with E-state index in [1.807, 2.05) is 66.7 Å². The molecule has 42 heavy (non-hydrogen) atoms. The van der Waals surface area contributed by atoms with Gasteiger partial charge in [-0.2, -0.15) is 7.14 Å². The maximum absolute atomic E-state index is 16.3. The zero-order valence-corrected chi connectivity index (χ0v) is 26.6. The van der Waals surface area contributed by atoms with Gasteiger partial charge in [-0.3, -0.25) is 7.57 Å². The minimum absolute atomic E-state index is 0.339. The fourth-order valence-electron chi connectivity index (χ4n) is 6.56. The van der Waals surface area contributed by atoms with Crippen LogP contribution in [0.5, 0.6) is 11.5 Å². The molecule has 1 fully saturated rings. The average Bonchev–Trinajstić information content (AvgIpc) is 3.07. The predicted octanol–water partition coefficient (Wildman–Crippen LogP) is 8.42. The fraction of sp³-hybridized carbons (Fsp3) is 0.278. The van der Waals surface area contributed by atoms with Crippen molar-refractivity contribution in [1.82, 2.24) is 0 Å². The molecule has 6 heteroatoms. The van der Waals surface area contributed by atoms with Crippen LogP contribution in [0, 0.1) is 0 Å². The zero-order chi connectivity index (χ0) is 29.6. The van der Waals surface area contributed by atoms with Gasteiger partial charge >= 0.3 is 0 Å². The lowest BCUT2D eigenvalue weighted by atomic mass is 10.0. The summed E-state index contributed by atoms with van der Waals surface area (Å²) in [5, 5.41) is 3.86. The molecule has 215 valence electrons. The Kier molecular flexibility index (Phi) is 9.77. The average molecular weight is 593 g/mol. The lowest BCUT2D eigenvalue weighted by molar-refractivity contribution is 0.415. The Morgan fingerprint density at radius 1 is 0.762 bits per heavy atom. The number of hydrogen-bond acceptors (Lipinski definition) is 3. The highest BCUT2D eigenvalue weighted by atomic mass is 31.2. The largest absolute Gasteiger partial charge is 0.497 e. The van der Waals surface area contributed by atoms with Crippen molar-refractivity contribution in [2.45, 2.75) is 50.3 Å². The lowest BCUT2D eigenvalue weighted by Crippen LogP contribution is -2.31. The SMILES string of the molecule is [B-][P+](/C(=C/C)[C@H](c1ccccc1)P(=O)(c1ccc(OC)cc1)c1ccc(OC)cc1)(c1ccccc1)C1CCCCC1. The number of benzene rings is 4. The summed E-state index contributed by atoms with van der Waals surface area (Å²) in [5.41, 5.74) is 0.916. The number of ether oxygens (including phenoxy) is 2. The molecule has 0 heterocycles. The highest BCUT2D eigenvalue weighted by Gasteiger charge is 2.48. The third-order valence-corrected chi connectivity index (χ3v) is 16.6. The molecule has 0 amide bonds. The molecule has 1 aliphatic rings. The van der Waals surface area contributed by atoms with E-state index in [1.165, 1.54) is 24.6 Å². The topological polar surface area (TPSA) is 35.5 Å². The first-order valence-corrected chi connectivity index (χ1v) is 18.5. The quantitative estimate of drug-likeness (QED) is 0.137. The Labute approximate surface area is 253 Å². The van der Waals surface area contributed by atoms with E-state index >= 15 is 4.57 Å². The highest BCUT2D eigenvalue weighted by Crippen LogP contribution is 2.76. The van der Waals surface area contributed by atoms with Crippen LogP contribution >= 0.6 is 14.3 Å². The van der Waals surface area contributed by atoms with Gasteiger partial charge in [0.25, 0.3) is 0 Å². The van der Waals surface area contributed by atoms with Crippen molar-refractivity contribution < 1.29 is 14.0 Å². The first-order valence-electron chi connectivity index (χ1n) is 14.8. The first-order chi connectivity index (χ1) is 20.5. The molecule has 3 radical (unpaired) electrons. The molecule has 2 atom stereocenters. The maximum Gasteiger partial charge on any atom is 0.157 e. The van der Waals surface area contributed by atoms with Gasteiger partial charge in [-0.25, -0.2) is 0 Å². The highest BCUT2D eigenvalue weighted by molar-refractivity contribution is 8.07. The van der Waals surface area contributed by atoms with E-state index in [4.69, 9.17) is 17.0 Å². The van der Waals surface area contributed by atoms with Crippen LogP contribution in [0.25, 0.3) is 0 Å². The van der Waals surface area contributed by atoms with E-state index in [2.05, 4.69) is 55.5 Å². The van der Waals surface area contributed by atoms with Gasteiger partial charge in [-0.05, 0) is 98.8 Å². The zero-order valence-electron chi connectivity index (χ0n) is 24.9. The normalized spacial score (nSPS) is 16.8. The Morgan fingerprint density at radius 2 is 1.24 bits per heavy atom. The van der Waals surface area contributed by atoms with Gasteiger partial charge in [0, 0.05) is 26.9 Å². The molecular weight excluding hydrogens is 553 g/mol. The molecule has 4 aromatic rings. The van der Waals surface area contributed by atoms with Crippen LogP contribution in [-0.2, 0) is 4.57 Å². The summed E-state index contributed by atoms with van der Waals surface area (Å²) in [6, 6.07) is 36.5. The summed E-state index contributed by atoms with van der Waals surface area (Å²) in [5.74, 6) is 1.46. The molecule has 0 spiro atoms. The van der Waals surface area contributed by atoms with Crippen molar-refractivity contribution in [3.63, 3.8) is 0 Å². The smallest absolute Gasteiger partial charge is 0.157 e. The van der Waals surface area contributed by atoms with E-state index in [0.717, 1.165) is 45.8 Å². The van der Waals surface area contributed by atoms with E-state index in [0.29, 0.717) is 5.66 Å². The van der Waals surface area contributed by atoms with Crippen LogP contribution in [0.4, 0.5) is 0 Å². The number of hydrogen-bond donors (Lipinski definition) is 0. The molecule has 5 rings (SSSR count). The van der Waals surface area contributed by atoms with Gasteiger partial charge in [0.1, 0.15) is 11.5 Å². The van der Waals surface area contributed by atoms with Crippen LogP contribution in [0.15, 0.2) is 121 Å². The lowest BCUT2D eigenvalue weighted by Gasteiger charge is -2.50. The van der Waals surface area contributed by atoms with Crippen LogP contribution in [0.3, 0.4) is 0 Å². The molecular formula is C36H40BO3P2. The third kappa shape index (κ3) is 5.77. The molecule has 1 aliphatic carbocycles. The molecule has 0 aromatic heterocycles. The third-order valence-electron chi connectivity index (χ3n) is 8.73. The molecule has 0 aliphatic heterocycles. The van der Waals surface area contributed by atoms with Gasteiger partial charge in [0.2, 0.25) is 0 Å². The van der Waals surface area contributed by atoms with Gasteiger partial charge in [0.05, 0.1) is 19.9 Å². The maximum atomic E-state index is 16.3. The van der Waals surface area contributed by atoms with E-state index in [-0.39, 0.29) is 0 Å². The van der Waals surface area contributed by atoms with Gasteiger partial charge in [0.15, 0.2) is 7.14 Å². The number of allylic oxidation sites excluding steroid dienone is 2. The summed E-state index contributed by atoms with van der Waals surface area (Å²) < 4.78 is 27.3. The van der Waals surface area contributed by atoms with Crippen LogP contribution in [0.1, 0.15) is 50.3 Å². The Bertz CT molecular complexity index is 1460. The summed E-state index contributed by atoms with van der Waals surface area (Å²) in [6.07, 6.45) is 7.98. The molecule has 0 N–H and O–H groups in total. The Hall–Kier alpha value is -3.06. The summed E-state index contributed by atoms with van der Waals surface area (Å²) in [6.45, 7) is 2.09. The second-order valence-corrected chi connectivity index (χ2v) is 17.2. The minimum atomic E-state index is -3.39. The second-order valence-electron chi connectivity index (χ2n) is 11.0. The van der Waals surface area contributed by atoms with E-state index < -0.39 is 19.9 Å². The first kappa shape index (κ1) is 30.4. The standard InChI is InChI=1S/C36H40BO3P2/c1-4-35(41(37,31-16-10-6-11-17-31)32-18-12-7-13-19-32)36(28-14-8-5-9-15-28)42(38,33-24-20-29(39-2)21-25-33)34-26-22-30(40-3)23-27-34/h4-6,8-11,14-17,20-27,32,36H,7,12-13,18-19H2,1-3H3/b35-4+/t36-,41?/m0/s1. The van der Waals surface area contributed by atoms with Crippen LogP contribution < -0.4 is 25.4 Å². The Morgan fingerprint density at radius 3 is 1.69 bits per heavy atom. The summed E-state index contributed by atoms with van der Waals surface area (Å²) >= 11 is 0. The van der Waals surface area contributed by atoms with Crippen LogP contribution in [-0.4, -0.2) is 27.4 Å². The molecule has 3 nitrogen and oxygen atoms in total. The van der Waals surface area contributed by atoms with Crippen molar-refractivity contribution in [3.8, 4) is 11.5 Å². The van der Waals surface area contributed by atoms with Crippen molar-refractivity contribution in [1.29, 1.82) is 0 Å². The predicted molar refractivity (Wildman–Crippen MR) is 181 cm³/mol. The van der Waals surface area contributed by atoms with Crippen molar-refractivity contribution >= 4 is 37.8 Å². The molecule has 1 unspecified atom stereocenters. The molecule has 1 saturated carbocycles. The van der Waals surface area contributed by atoms with Gasteiger partial charge in [-0.1, -0.05) is 61.0 Å². The summed E-state index contributed by atoms with van der Waals surface area (Å²) in [4.78, 5) is 0.